The Morgan fingerprint density at radius 1 is 1.09 bits per heavy atom. The average Bonchev–Trinajstić information content (AvgIpc) is 3.20. The summed E-state index contributed by atoms with van der Waals surface area (Å²) in [6.45, 7) is 1.09. The van der Waals surface area contributed by atoms with E-state index in [0.29, 0.717) is 36.5 Å². The lowest BCUT2D eigenvalue weighted by atomic mass is 9.94. The van der Waals surface area contributed by atoms with Gasteiger partial charge in [0.05, 0.1) is 12.7 Å². The van der Waals surface area contributed by atoms with E-state index in [1.165, 1.54) is 23.3 Å². The number of fused-ring (bicyclic) bond motifs is 1. The summed E-state index contributed by atoms with van der Waals surface area (Å²) in [6, 6.07) is 9.71. The Morgan fingerprint density at radius 2 is 1.81 bits per heavy atom. The van der Waals surface area contributed by atoms with Crippen LogP contribution in [0.1, 0.15) is 52.0 Å². The highest BCUT2D eigenvalue weighted by Crippen LogP contribution is 2.39. The number of methoxy groups -OCH3 is 1. The SMILES string of the molecule is COC(=O)c1c(NC(=O)C2CCN(C(=O)/C=C/c3ccccc3)CC2)sc2c1CCCC2. The van der Waals surface area contributed by atoms with Crippen LogP contribution in [0.15, 0.2) is 36.4 Å². The van der Waals surface area contributed by atoms with Gasteiger partial charge in [0.15, 0.2) is 0 Å². The fourth-order valence-electron chi connectivity index (χ4n) is 4.39. The number of hydrogen-bond donors (Lipinski definition) is 1. The zero-order valence-electron chi connectivity index (χ0n) is 18.3. The third-order valence-electron chi connectivity index (χ3n) is 6.19. The van der Waals surface area contributed by atoms with Gasteiger partial charge in [-0.2, -0.15) is 0 Å². The first-order valence-corrected chi connectivity index (χ1v) is 11.9. The van der Waals surface area contributed by atoms with Gasteiger partial charge >= 0.3 is 5.97 Å². The van der Waals surface area contributed by atoms with Crippen molar-refractivity contribution in [3.05, 3.63) is 58.0 Å². The predicted octanol–water partition coefficient (Wildman–Crippen LogP) is 4.30. The van der Waals surface area contributed by atoms with E-state index in [4.69, 9.17) is 4.74 Å². The molecule has 2 aliphatic rings. The third-order valence-corrected chi connectivity index (χ3v) is 7.40. The van der Waals surface area contributed by atoms with Crippen molar-refractivity contribution in [1.82, 2.24) is 4.90 Å². The lowest BCUT2D eigenvalue weighted by Crippen LogP contribution is -2.40. The molecule has 4 rings (SSSR count). The molecule has 7 heteroatoms. The Hall–Kier alpha value is -2.93. The Labute approximate surface area is 192 Å². The molecule has 1 aliphatic carbocycles. The summed E-state index contributed by atoms with van der Waals surface area (Å²) < 4.78 is 4.99. The van der Waals surface area contributed by atoms with Crippen LogP contribution < -0.4 is 5.32 Å². The highest BCUT2D eigenvalue weighted by atomic mass is 32.1. The third kappa shape index (κ3) is 4.93. The van der Waals surface area contributed by atoms with Crippen LogP contribution in [0, 0.1) is 5.92 Å². The summed E-state index contributed by atoms with van der Waals surface area (Å²) in [5.74, 6) is -0.681. The summed E-state index contributed by atoms with van der Waals surface area (Å²) in [4.78, 5) is 40.8. The summed E-state index contributed by atoms with van der Waals surface area (Å²) in [7, 11) is 1.37. The highest BCUT2D eigenvalue weighted by molar-refractivity contribution is 7.17. The second-order valence-electron chi connectivity index (χ2n) is 8.24. The number of likely N-dealkylation sites (tertiary alicyclic amines) is 1. The number of nitrogens with one attached hydrogen (secondary N) is 1. The van der Waals surface area contributed by atoms with Crippen molar-refractivity contribution in [3.8, 4) is 0 Å². The van der Waals surface area contributed by atoms with Crippen LogP contribution in [0.4, 0.5) is 5.00 Å². The van der Waals surface area contributed by atoms with Crippen LogP contribution in [0.2, 0.25) is 0 Å². The Balaban J connectivity index is 1.36. The number of thiophene rings is 1. The van der Waals surface area contributed by atoms with E-state index in [2.05, 4.69) is 5.32 Å². The monoisotopic (exact) mass is 452 g/mol. The van der Waals surface area contributed by atoms with E-state index in [0.717, 1.165) is 36.8 Å². The van der Waals surface area contributed by atoms with Crippen LogP contribution in [-0.2, 0) is 27.2 Å². The molecule has 168 valence electrons. The predicted molar refractivity (Wildman–Crippen MR) is 126 cm³/mol. The molecule has 6 nitrogen and oxygen atoms in total. The van der Waals surface area contributed by atoms with Gasteiger partial charge in [-0.1, -0.05) is 30.3 Å². The highest BCUT2D eigenvalue weighted by Gasteiger charge is 2.30. The average molecular weight is 453 g/mol. The van der Waals surface area contributed by atoms with Gasteiger partial charge in [0.1, 0.15) is 5.00 Å². The molecule has 2 amide bonds. The van der Waals surface area contributed by atoms with Gasteiger partial charge in [-0.05, 0) is 55.7 Å². The number of hydrogen-bond acceptors (Lipinski definition) is 5. The summed E-state index contributed by atoms with van der Waals surface area (Å²) in [5.41, 5.74) is 2.54. The first-order chi connectivity index (χ1) is 15.6. The molecule has 32 heavy (non-hydrogen) atoms. The van der Waals surface area contributed by atoms with E-state index < -0.39 is 0 Å². The van der Waals surface area contributed by atoms with E-state index in [9.17, 15) is 14.4 Å². The zero-order valence-corrected chi connectivity index (χ0v) is 19.1. The van der Waals surface area contributed by atoms with Crippen LogP contribution in [0.25, 0.3) is 6.08 Å². The molecule has 1 aliphatic heterocycles. The fourth-order valence-corrected chi connectivity index (χ4v) is 5.67. The van der Waals surface area contributed by atoms with Crippen molar-refractivity contribution in [2.45, 2.75) is 38.5 Å². The summed E-state index contributed by atoms with van der Waals surface area (Å²) in [5, 5.41) is 3.61. The standard InChI is InChI=1S/C25H28N2O4S/c1-31-25(30)22-19-9-5-6-10-20(19)32-24(22)26-23(29)18-13-15-27(16-14-18)21(28)12-11-17-7-3-2-4-8-17/h2-4,7-8,11-12,18H,5-6,9-10,13-16H2,1H3,(H,26,29)/b12-11+. The minimum atomic E-state index is -0.384. The quantitative estimate of drug-likeness (QED) is 0.542. The molecule has 2 heterocycles. The van der Waals surface area contributed by atoms with Crippen molar-refractivity contribution >= 4 is 40.2 Å². The number of aryl methyl sites for hydroxylation is 1. The van der Waals surface area contributed by atoms with Gasteiger partial charge < -0.3 is 15.0 Å². The van der Waals surface area contributed by atoms with Gasteiger partial charge in [-0.25, -0.2) is 4.79 Å². The van der Waals surface area contributed by atoms with E-state index in [-0.39, 0.29) is 23.7 Å². The molecular weight excluding hydrogens is 424 g/mol. The molecule has 0 spiro atoms. The van der Waals surface area contributed by atoms with Crippen LogP contribution in [-0.4, -0.2) is 42.9 Å². The van der Waals surface area contributed by atoms with Gasteiger partial charge in [-0.15, -0.1) is 11.3 Å². The molecular formula is C25H28N2O4S. The van der Waals surface area contributed by atoms with E-state index >= 15 is 0 Å². The number of esters is 1. The first kappa shape index (κ1) is 22.3. The number of nitrogens with zero attached hydrogens (tertiary/aromatic N) is 1. The lowest BCUT2D eigenvalue weighted by molar-refractivity contribution is -0.130. The lowest BCUT2D eigenvalue weighted by Gasteiger charge is -2.30. The smallest absolute Gasteiger partial charge is 0.341 e. The normalized spacial score (nSPS) is 16.6. The fraction of sp³-hybridized carbons (Fsp3) is 0.400. The second-order valence-corrected chi connectivity index (χ2v) is 9.34. The Bertz CT molecular complexity index is 1020. The van der Waals surface area contributed by atoms with Gasteiger partial charge in [0.2, 0.25) is 11.8 Å². The maximum atomic E-state index is 13.0. The first-order valence-electron chi connectivity index (χ1n) is 11.1. The summed E-state index contributed by atoms with van der Waals surface area (Å²) in [6.07, 6.45) is 8.56. The number of ether oxygens (including phenoxy) is 1. The number of anilines is 1. The number of benzene rings is 1. The number of carbonyl (C=O) groups excluding carboxylic acids is 3. The molecule has 0 saturated carbocycles. The zero-order chi connectivity index (χ0) is 22.5. The van der Waals surface area contributed by atoms with Gasteiger partial charge in [0.25, 0.3) is 0 Å². The van der Waals surface area contributed by atoms with Crippen molar-refractivity contribution < 1.29 is 19.1 Å². The number of rotatable bonds is 5. The van der Waals surface area contributed by atoms with Crippen LogP contribution >= 0.6 is 11.3 Å². The largest absolute Gasteiger partial charge is 0.465 e. The van der Waals surface area contributed by atoms with Crippen LogP contribution in [0.5, 0.6) is 0 Å². The maximum absolute atomic E-state index is 13.0. The molecule has 0 atom stereocenters. The molecule has 1 fully saturated rings. The minimum Gasteiger partial charge on any atom is -0.465 e. The second kappa shape index (κ2) is 10.1. The minimum absolute atomic E-state index is 0.0355. The number of piperidine rings is 1. The Morgan fingerprint density at radius 3 is 2.53 bits per heavy atom. The molecule has 1 N–H and O–H groups in total. The van der Waals surface area contributed by atoms with Gasteiger partial charge in [-0.3, -0.25) is 9.59 Å². The van der Waals surface area contributed by atoms with Gasteiger partial charge in [0, 0.05) is 30.0 Å². The van der Waals surface area contributed by atoms with Crippen LogP contribution in [0.3, 0.4) is 0 Å². The van der Waals surface area contributed by atoms with Crippen molar-refractivity contribution in [2.24, 2.45) is 5.92 Å². The summed E-state index contributed by atoms with van der Waals surface area (Å²) >= 11 is 1.50. The van der Waals surface area contributed by atoms with E-state index in [1.807, 2.05) is 36.4 Å². The molecule has 0 radical (unpaired) electrons. The molecule has 1 aromatic heterocycles. The number of carbonyl (C=O) groups is 3. The van der Waals surface area contributed by atoms with Crippen molar-refractivity contribution in [2.75, 3.05) is 25.5 Å². The molecule has 1 saturated heterocycles. The Kier molecular flexibility index (Phi) is 7.05. The topological polar surface area (TPSA) is 75.7 Å². The molecule has 0 bridgehead atoms. The van der Waals surface area contributed by atoms with Crippen molar-refractivity contribution in [1.29, 1.82) is 0 Å². The molecule has 2 aromatic rings. The number of amides is 2. The van der Waals surface area contributed by atoms with E-state index in [1.54, 1.807) is 11.0 Å². The molecule has 0 unspecified atom stereocenters. The molecule has 1 aromatic carbocycles. The maximum Gasteiger partial charge on any atom is 0.341 e. The van der Waals surface area contributed by atoms with Crippen molar-refractivity contribution in [3.63, 3.8) is 0 Å².